The molecule has 4 nitrogen and oxygen atoms in total. The number of aliphatic carboxylic acids is 1. The lowest BCUT2D eigenvalue weighted by Crippen LogP contribution is -2.48. The second-order valence-corrected chi connectivity index (χ2v) is 4.52. The molecule has 0 aromatic carbocycles. The summed E-state index contributed by atoms with van der Waals surface area (Å²) in [7, 11) is 0. The Morgan fingerprint density at radius 3 is 2.07 bits per heavy atom. The number of carboxylic acid groups (broad SMARTS) is 1. The molecule has 0 radical (unpaired) electrons. The number of hydrogen-bond acceptors (Lipinski definition) is 2. The average molecular weight is 215 g/mol. The van der Waals surface area contributed by atoms with Crippen LogP contribution in [0.5, 0.6) is 0 Å². The summed E-state index contributed by atoms with van der Waals surface area (Å²) in [5, 5.41) is 8.96. The molecule has 4 heteroatoms. The van der Waals surface area contributed by atoms with Crippen LogP contribution >= 0.6 is 0 Å². The van der Waals surface area contributed by atoms with Crippen molar-refractivity contribution in [3.63, 3.8) is 0 Å². The number of amides is 1. The summed E-state index contributed by atoms with van der Waals surface area (Å²) in [5.74, 6) is -1.39. The van der Waals surface area contributed by atoms with Crippen molar-refractivity contribution in [1.29, 1.82) is 0 Å². The summed E-state index contributed by atoms with van der Waals surface area (Å²) in [4.78, 5) is 24.5. The first-order valence-electron chi connectivity index (χ1n) is 5.29. The van der Waals surface area contributed by atoms with Gasteiger partial charge in [-0.2, -0.15) is 0 Å². The van der Waals surface area contributed by atoms with Crippen LogP contribution in [0.3, 0.4) is 0 Å². The van der Waals surface area contributed by atoms with Gasteiger partial charge in [0.15, 0.2) is 0 Å². The Bertz CT molecular complexity index is 246. The van der Waals surface area contributed by atoms with Gasteiger partial charge in [-0.15, -0.1) is 0 Å². The van der Waals surface area contributed by atoms with Crippen molar-refractivity contribution in [2.24, 2.45) is 5.41 Å². The van der Waals surface area contributed by atoms with Crippen molar-refractivity contribution < 1.29 is 14.7 Å². The predicted molar refractivity (Wildman–Crippen MR) is 58.6 cm³/mol. The van der Waals surface area contributed by atoms with Crippen LogP contribution in [0.15, 0.2) is 0 Å². The van der Waals surface area contributed by atoms with Crippen molar-refractivity contribution in [1.82, 2.24) is 4.90 Å². The smallest absolute Gasteiger partial charge is 0.318 e. The van der Waals surface area contributed by atoms with Gasteiger partial charge >= 0.3 is 5.97 Å². The lowest BCUT2D eigenvalue weighted by atomic mass is 9.91. The van der Waals surface area contributed by atoms with Crippen LogP contribution in [0.4, 0.5) is 0 Å². The number of carbonyl (C=O) groups is 2. The van der Waals surface area contributed by atoms with E-state index in [9.17, 15) is 9.59 Å². The van der Waals surface area contributed by atoms with Gasteiger partial charge in [-0.25, -0.2) is 0 Å². The van der Waals surface area contributed by atoms with Gasteiger partial charge in [0.1, 0.15) is 5.41 Å². The van der Waals surface area contributed by atoms with E-state index in [4.69, 9.17) is 5.11 Å². The van der Waals surface area contributed by atoms with Gasteiger partial charge in [-0.3, -0.25) is 9.59 Å². The molecule has 0 atom stereocenters. The molecule has 1 N–H and O–H groups in total. The van der Waals surface area contributed by atoms with E-state index < -0.39 is 11.4 Å². The molecule has 0 fully saturated rings. The standard InChI is InChI=1S/C11H21NO3/c1-6-7-12(8(2)3)9(13)11(4,5)10(14)15/h8H,6-7H2,1-5H3,(H,14,15). The highest BCUT2D eigenvalue weighted by Gasteiger charge is 2.39. The molecular formula is C11H21NO3. The fraction of sp³-hybridized carbons (Fsp3) is 0.818. The van der Waals surface area contributed by atoms with Gasteiger partial charge in [-0.1, -0.05) is 6.92 Å². The molecule has 0 aliphatic carbocycles. The Labute approximate surface area is 91.3 Å². The molecule has 0 aromatic heterocycles. The second-order valence-electron chi connectivity index (χ2n) is 4.52. The molecule has 0 aromatic rings. The third-order valence-electron chi connectivity index (χ3n) is 2.42. The minimum atomic E-state index is -1.33. The maximum atomic E-state index is 12.0. The molecule has 0 spiro atoms. The molecular weight excluding hydrogens is 194 g/mol. The molecule has 0 heterocycles. The summed E-state index contributed by atoms with van der Waals surface area (Å²) in [6.07, 6.45) is 0.833. The summed E-state index contributed by atoms with van der Waals surface area (Å²) >= 11 is 0. The summed E-state index contributed by atoms with van der Waals surface area (Å²) in [5.41, 5.74) is -1.33. The Morgan fingerprint density at radius 1 is 1.33 bits per heavy atom. The van der Waals surface area contributed by atoms with Crippen LogP contribution in [0.2, 0.25) is 0 Å². The van der Waals surface area contributed by atoms with E-state index >= 15 is 0 Å². The first-order valence-corrected chi connectivity index (χ1v) is 5.29. The lowest BCUT2D eigenvalue weighted by Gasteiger charge is -2.32. The summed E-state index contributed by atoms with van der Waals surface area (Å²) < 4.78 is 0. The first kappa shape index (κ1) is 13.9. The third kappa shape index (κ3) is 3.22. The monoisotopic (exact) mass is 215 g/mol. The number of nitrogens with zero attached hydrogens (tertiary/aromatic N) is 1. The molecule has 0 aliphatic heterocycles. The van der Waals surface area contributed by atoms with Crippen LogP contribution in [-0.4, -0.2) is 34.5 Å². The van der Waals surface area contributed by atoms with E-state index in [0.717, 1.165) is 6.42 Å². The maximum Gasteiger partial charge on any atom is 0.318 e. The van der Waals surface area contributed by atoms with Gasteiger partial charge < -0.3 is 10.0 Å². The van der Waals surface area contributed by atoms with E-state index in [0.29, 0.717) is 6.54 Å². The molecule has 15 heavy (non-hydrogen) atoms. The van der Waals surface area contributed by atoms with Gasteiger partial charge in [0.2, 0.25) is 5.91 Å². The minimum absolute atomic E-state index is 0.0380. The fourth-order valence-corrected chi connectivity index (χ4v) is 1.29. The molecule has 0 bridgehead atoms. The Kier molecular flexibility index (Phi) is 4.78. The van der Waals surface area contributed by atoms with Crippen molar-refractivity contribution in [3.8, 4) is 0 Å². The molecule has 0 saturated heterocycles. The Morgan fingerprint density at radius 2 is 1.80 bits per heavy atom. The largest absolute Gasteiger partial charge is 0.480 e. The molecule has 0 aliphatic rings. The van der Waals surface area contributed by atoms with Crippen molar-refractivity contribution in [2.45, 2.75) is 47.1 Å². The van der Waals surface area contributed by atoms with Crippen LogP contribution in [0.1, 0.15) is 41.0 Å². The number of carboxylic acids is 1. The number of hydrogen-bond donors (Lipinski definition) is 1. The summed E-state index contributed by atoms with van der Waals surface area (Å²) in [6, 6.07) is 0.0380. The van der Waals surface area contributed by atoms with Crippen molar-refractivity contribution in [3.05, 3.63) is 0 Å². The molecule has 0 saturated carbocycles. The van der Waals surface area contributed by atoms with Crippen molar-refractivity contribution >= 4 is 11.9 Å². The zero-order valence-corrected chi connectivity index (χ0v) is 10.2. The molecule has 88 valence electrons. The maximum absolute atomic E-state index is 12.0. The molecule has 0 rings (SSSR count). The summed E-state index contributed by atoms with van der Waals surface area (Å²) in [6.45, 7) is 9.26. The zero-order valence-electron chi connectivity index (χ0n) is 10.2. The average Bonchev–Trinajstić information content (AvgIpc) is 2.12. The highest BCUT2D eigenvalue weighted by Crippen LogP contribution is 2.20. The highest BCUT2D eigenvalue weighted by molar-refractivity contribution is 6.01. The van der Waals surface area contributed by atoms with E-state index in [1.165, 1.54) is 13.8 Å². The quantitative estimate of drug-likeness (QED) is 0.711. The van der Waals surface area contributed by atoms with Crippen molar-refractivity contribution in [2.75, 3.05) is 6.54 Å². The molecule has 1 amide bonds. The van der Waals surface area contributed by atoms with Crippen LogP contribution in [-0.2, 0) is 9.59 Å². The highest BCUT2D eigenvalue weighted by atomic mass is 16.4. The molecule has 0 unspecified atom stereocenters. The zero-order chi connectivity index (χ0) is 12.2. The van der Waals surface area contributed by atoms with Crippen LogP contribution in [0.25, 0.3) is 0 Å². The SMILES string of the molecule is CCCN(C(=O)C(C)(C)C(=O)O)C(C)C. The fourth-order valence-electron chi connectivity index (χ4n) is 1.29. The van der Waals surface area contributed by atoms with E-state index in [-0.39, 0.29) is 11.9 Å². The number of carbonyl (C=O) groups excluding carboxylic acids is 1. The van der Waals surface area contributed by atoms with Gasteiger partial charge in [0, 0.05) is 12.6 Å². The van der Waals surface area contributed by atoms with Gasteiger partial charge in [0.05, 0.1) is 0 Å². The van der Waals surface area contributed by atoms with E-state index in [1.807, 2.05) is 20.8 Å². The van der Waals surface area contributed by atoms with E-state index in [1.54, 1.807) is 4.90 Å². The topological polar surface area (TPSA) is 57.6 Å². The second kappa shape index (κ2) is 5.14. The Hall–Kier alpha value is -1.06. The normalized spacial score (nSPS) is 11.6. The van der Waals surface area contributed by atoms with Crippen LogP contribution in [0, 0.1) is 5.41 Å². The third-order valence-corrected chi connectivity index (χ3v) is 2.42. The minimum Gasteiger partial charge on any atom is -0.480 e. The van der Waals surface area contributed by atoms with Crippen LogP contribution < -0.4 is 0 Å². The lowest BCUT2D eigenvalue weighted by molar-refractivity contribution is -0.159. The first-order chi connectivity index (χ1) is 6.75. The Balaban J connectivity index is 4.85. The predicted octanol–water partition coefficient (Wildman–Crippen LogP) is 1.74. The van der Waals surface area contributed by atoms with E-state index in [2.05, 4.69) is 0 Å². The van der Waals surface area contributed by atoms with Gasteiger partial charge in [0.25, 0.3) is 0 Å². The van der Waals surface area contributed by atoms with Gasteiger partial charge in [-0.05, 0) is 34.1 Å². The number of rotatable bonds is 5.